The van der Waals surface area contributed by atoms with E-state index in [4.69, 9.17) is 0 Å². The van der Waals surface area contributed by atoms with E-state index in [0.717, 1.165) is 0 Å². The van der Waals surface area contributed by atoms with Crippen molar-refractivity contribution < 1.29 is 9.72 Å². The van der Waals surface area contributed by atoms with Gasteiger partial charge in [-0.1, -0.05) is 0 Å². The molecule has 0 aliphatic carbocycles. The van der Waals surface area contributed by atoms with Gasteiger partial charge in [-0.25, -0.2) is 4.98 Å². The number of nitrogens with one attached hydrogen (secondary N) is 1. The van der Waals surface area contributed by atoms with Gasteiger partial charge in [0.2, 0.25) is 5.91 Å². The molecule has 7 nitrogen and oxygen atoms in total. The molecule has 0 fully saturated rings. The van der Waals surface area contributed by atoms with Crippen molar-refractivity contribution in [1.82, 2.24) is 9.88 Å². The third-order valence-corrected chi connectivity index (χ3v) is 3.08. The predicted octanol–water partition coefficient (Wildman–Crippen LogP) is 1.97. The maximum absolute atomic E-state index is 12.1. The molecule has 1 aromatic rings. The highest BCUT2D eigenvalue weighted by atomic mass is 16.6. The van der Waals surface area contributed by atoms with Gasteiger partial charge in [-0.15, -0.1) is 0 Å². The number of nitrogens with zero attached hydrogens (tertiary/aromatic N) is 3. The summed E-state index contributed by atoms with van der Waals surface area (Å²) in [5.41, 5.74) is 0.480. The molecule has 0 aliphatic rings. The molecule has 1 unspecified atom stereocenters. The van der Waals surface area contributed by atoms with Crippen LogP contribution in [-0.2, 0) is 4.79 Å². The Balaban J connectivity index is 2.85. The van der Waals surface area contributed by atoms with Crippen molar-refractivity contribution in [2.24, 2.45) is 0 Å². The van der Waals surface area contributed by atoms with Crippen LogP contribution in [0.3, 0.4) is 0 Å². The molecule has 110 valence electrons. The Labute approximate surface area is 118 Å². The van der Waals surface area contributed by atoms with Crippen LogP contribution in [0.2, 0.25) is 0 Å². The van der Waals surface area contributed by atoms with E-state index in [0.29, 0.717) is 24.5 Å². The van der Waals surface area contributed by atoms with Crippen molar-refractivity contribution in [3.8, 4) is 0 Å². The first-order valence-electron chi connectivity index (χ1n) is 6.57. The molecule has 20 heavy (non-hydrogen) atoms. The fourth-order valence-electron chi connectivity index (χ4n) is 1.88. The van der Waals surface area contributed by atoms with Gasteiger partial charge in [0.25, 0.3) is 5.69 Å². The lowest BCUT2D eigenvalue weighted by atomic mass is 10.2. The molecule has 0 aliphatic heterocycles. The largest absolute Gasteiger partial charge is 0.358 e. The fraction of sp³-hybridized carbons (Fsp3) is 0.538. The maximum Gasteiger partial charge on any atom is 0.277 e. The molecule has 1 aromatic heterocycles. The molecule has 0 saturated carbocycles. The van der Waals surface area contributed by atoms with E-state index in [1.807, 2.05) is 13.8 Å². The van der Waals surface area contributed by atoms with Crippen molar-refractivity contribution in [3.05, 3.63) is 27.9 Å². The van der Waals surface area contributed by atoms with Gasteiger partial charge in [0.1, 0.15) is 11.9 Å². The number of carbonyl (C=O) groups is 1. The molecule has 0 aromatic carbocycles. The molecule has 0 spiro atoms. The zero-order chi connectivity index (χ0) is 15.3. The van der Waals surface area contributed by atoms with Crippen LogP contribution in [0.4, 0.5) is 11.5 Å². The number of rotatable bonds is 6. The van der Waals surface area contributed by atoms with Gasteiger partial charge in [0.05, 0.1) is 11.0 Å². The molecule has 0 radical (unpaired) electrons. The van der Waals surface area contributed by atoms with Gasteiger partial charge < -0.3 is 10.2 Å². The number of pyridine rings is 1. The highest BCUT2D eigenvalue weighted by Crippen LogP contribution is 2.20. The summed E-state index contributed by atoms with van der Waals surface area (Å²) in [4.78, 5) is 28.3. The van der Waals surface area contributed by atoms with Gasteiger partial charge in [-0.2, -0.15) is 0 Å². The normalized spacial score (nSPS) is 11.8. The third kappa shape index (κ3) is 3.66. The Morgan fingerprint density at radius 1 is 1.50 bits per heavy atom. The van der Waals surface area contributed by atoms with Crippen molar-refractivity contribution in [3.63, 3.8) is 0 Å². The average molecular weight is 280 g/mol. The van der Waals surface area contributed by atoms with Gasteiger partial charge in [-0.05, 0) is 27.7 Å². The fourth-order valence-corrected chi connectivity index (χ4v) is 1.88. The predicted molar refractivity (Wildman–Crippen MR) is 76.6 cm³/mol. The SMILES string of the molecule is CCN(CC)C(=O)C(C)Nc1cc([N+](=O)[O-])c(C)cn1. The zero-order valence-corrected chi connectivity index (χ0v) is 12.2. The number of anilines is 1. The molecule has 1 heterocycles. The average Bonchev–Trinajstić information content (AvgIpc) is 2.41. The Morgan fingerprint density at radius 2 is 2.10 bits per heavy atom. The summed E-state index contributed by atoms with van der Waals surface area (Å²) in [6, 6.07) is 0.867. The number of likely N-dealkylation sites (N-methyl/N-ethyl adjacent to an activating group) is 1. The Hall–Kier alpha value is -2.18. The van der Waals surface area contributed by atoms with Crippen LogP contribution in [0.15, 0.2) is 12.3 Å². The minimum atomic E-state index is -0.482. The number of amides is 1. The highest BCUT2D eigenvalue weighted by Gasteiger charge is 2.19. The topological polar surface area (TPSA) is 88.4 Å². The maximum atomic E-state index is 12.1. The van der Waals surface area contributed by atoms with Gasteiger partial charge >= 0.3 is 0 Å². The van der Waals surface area contributed by atoms with E-state index in [9.17, 15) is 14.9 Å². The highest BCUT2D eigenvalue weighted by molar-refractivity contribution is 5.84. The van der Waals surface area contributed by atoms with Crippen LogP contribution in [-0.4, -0.2) is 39.8 Å². The second kappa shape index (κ2) is 6.83. The molecule has 7 heteroatoms. The number of hydrogen-bond donors (Lipinski definition) is 1. The lowest BCUT2D eigenvalue weighted by Gasteiger charge is -2.23. The summed E-state index contributed by atoms with van der Waals surface area (Å²) < 4.78 is 0. The molecular weight excluding hydrogens is 260 g/mol. The Morgan fingerprint density at radius 3 is 2.60 bits per heavy atom. The molecule has 1 amide bonds. The number of nitro groups is 1. The quantitative estimate of drug-likeness (QED) is 0.635. The summed E-state index contributed by atoms with van der Waals surface area (Å²) in [6.07, 6.45) is 1.43. The van der Waals surface area contributed by atoms with Crippen LogP contribution < -0.4 is 5.32 Å². The van der Waals surface area contributed by atoms with Crippen molar-refractivity contribution in [2.75, 3.05) is 18.4 Å². The van der Waals surface area contributed by atoms with E-state index >= 15 is 0 Å². The van der Waals surface area contributed by atoms with E-state index in [2.05, 4.69) is 10.3 Å². The number of aryl methyl sites for hydroxylation is 1. The van der Waals surface area contributed by atoms with Crippen molar-refractivity contribution in [2.45, 2.75) is 33.7 Å². The minimum Gasteiger partial charge on any atom is -0.358 e. The van der Waals surface area contributed by atoms with Crippen LogP contribution in [0, 0.1) is 17.0 Å². The molecule has 1 atom stereocenters. The molecule has 1 rings (SSSR count). The molecule has 0 bridgehead atoms. The van der Waals surface area contributed by atoms with Crippen LogP contribution >= 0.6 is 0 Å². The zero-order valence-electron chi connectivity index (χ0n) is 12.2. The van der Waals surface area contributed by atoms with E-state index in [-0.39, 0.29) is 11.6 Å². The van der Waals surface area contributed by atoms with E-state index < -0.39 is 11.0 Å². The number of carbonyl (C=O) groups excluding carboxylic acids is 1. The van der Waals surface area contributed by atoms with Gasteiger partial charge in [0.15, 0.2) is 0 Å². The summed E-state index contributed by atoms with van der Waals surface area (Å²) >= 11 is 0. The van der Waals surface area contributed by atoms with Crippen molar-refractivity contribution in [1.29, 1.82) is 0 Å². The monoisotopic (exact) mass is 280 g/mol. The number of hydrogen-bond acceptors (Lipinski definition) is 5. The Bertz CT molecular complexity index is 500. The van der Waals surface area contributed by atoms with Crippen molar-refractivity contribution >= 4 is 17.4 Å². The lowest BCUT2D eigenvalue weighted by Crippen LogP contribution is -2.41. The molecule has 1 N–H and O–H groups in total. The van der Waals surface area contributed by atoms with E-state index in [1.54, 1.807) is 18.7 Å². The summed E-state index contributed by atoms with van der Waals surface area (Å²) in [7, 11) is 0. The first-order valence-corrected chi connectivity index (χ1v) is 6.57. The summed E-state index contributed by atoms with van der Waals surface area (Å²) in [5, 5.41) is 13.8. The first kappa shape index (κ1) is 15.9. The van der Waals surface area contributed by atoms with Gasteiger partial charge in [-0.3, -0.25) is 14.9 Å². The smallest absolute Gasteiger partial charge is 0.277 e. The molecular formula is C13H20N4O3. The number of aromatic nitrogens is 1. The van der Waals surface area contributed by atoms with E-state index in [1.165, 1.54) is 12.3 Å². The second-order valence-electron chi connectivity index (χ2n) is 4.49. The third-order valence-electron chi connectivity index (χ3n) is 3.08. The van der Waals surface area contributed by atoms with Crippen LogP contribution in [0.25, 0.3) is 0 Å². The molecule has 0 saturated heterocycles. The second-order valence-corrected chi connectivity index (χ2v) is 4.49. The van der Waals surface area contributed by atoms with Crippen LogP contribution in [0.5, 0.6) is 0 Å². The summed E-state index contributed by atoms with van der Waals surface area (Å²) in [6.45, 7) is 8.41. The van der Waals surface area contributed by atoms with Gasteiger partial charge in [0, 0.05) is 24.8 Å². The lowest BCUT2D eigenvalue weighted by molar-refractivity contribution is -0.385. The minimum absolute atomic E-state index is 0.00927. The standard InChI is InChI=1S/C13H20N4O3/c1-5-16(6-2)13(18)10(4)15-12-7-11(17(19)20)9(3)8-14-12/h7-8,10H,5-6H2,1-4H3,(H,14,15). The first-order chi connectivity index (χ1) is 9.40. The Kier molecular flexibility index (Phi) is 5.42. The van der Waals surface area contributed by atoms with Crippen LogP contribution in [0.1, 0.15) is 26.3 Å². The summed E-state index contributed by atoms with van der Waals surface area (Å²) in [5.74, 6) is 0.273.